The molecule has 0 fully saturated rings. The van der Waals surface area contributed by atoms with Crippen molar-refractivity contribution in [1.29, 1.82) is 0 Å². The van der Waals surface area contributed by atoms with Crippen LogP contribution in [0.2, 0.25) is 0 Å². The number of aliphatic imine (C=N–C) groups is 1. The summed E-state index contributed by atoms with van der Waals surface area (Å²) in [6.45, 7) is 2.29. The average Bonchev–Trinajstić information content (AvgIpc) is 2.85. The van der Waals surface area contributed by atoms with Crippen LogP contribution in [0.15, 0.2) is 35.3 Å². The molecule has 0 aromatic heterocycles. The first-order valence-electron chi connectivity index (χ1n) is 7.03. The van der Waals surface area contributed by atoms with Gasteiger partial charge < -0.3 is 4.74 Å². The lowest BCUT2D eigenvalue weighted by Crippen LogP contribution is -2.12. The highest BCUT2D eigenvalue weighted by Gasteiger charge is 2.20. The Morgan fingerprint density at radius 2 is 2.11 bits per heavy atom. The van der Waals surface area contributed by atoms with E-state index >= 15 is 0 Å². The van der Waals surface area contributed by atoms with Crippen molar-refractivity contribution in [2.45, 2.75) is 45.1 Å². The van der Waals surface area contributed by atoms with Gasteiger partial charge in [0.1, 0.15) is 0 Å². The van der Waals surface area contributed by atoms with Gasteiger partial charge in [-0.2, -0.15) is 0 Å². The first-order valence-corrected chi connectivity index (χ1v) is 7.03. The van der Waals surface area contributed by atoms with E-state index in [0.29, 0.717) is 13.0 Å². The molecule has 0 saturated carbocycles. The second-order valence-electron chi connectivity index (χ2n) is 4.88. The van der Waals surface area contributed by atoms with Gasteiger partial charge in [0.25, 0.3) is 0 Å². The molecule has 3 nitrogen and oxygen atoms in total. The van der Waals surface area contributed by atoms with Gasteiger partial charge in [0.05, 0.1) is 19.1 Å². The van der Waals surface area contributed by atoms with Gasteiger partial charge in [-0.25, -0.2) is 0 Å². The van der Waals surface area contributed by atoms with E-state index in [4.69, 9.17) is 4.74 Å². The molecular weight excluding hydrogens is 238 g/mol. The van der Waals surface area contributed by atoms with E-state index in [-0.39, 0.29) is 12.0 Å². The monoisotopic (exact) mass is 259 g/mol. The van der Waals surface area contributed by atoms with E-state index in [9.17, 15) is 4.79 Å². The largest absolute Gasteiger partial charge is 0.466 e. The normalized spacial score (nSPS) is 18.2. The molecule has 1 atom stereocenters. The van der Waals surface area contributed by atoms with Gasteiger partial charge in [0, 0.05) is 5.71 Å². The average molecular weight is 259 g/mol. The lowest BCUT2D eigenvalue weighted by atomic mass is 10.1. The highest BCUT2D eigenvalue weighted by Crippen LogP contribution is 2.19. The fourth-order valence-electron chi connectivity index (χ4n) is 2.40. The van der Waals surface area contributed by atoms with Crippen LogP contribution >= 0.6 is 0 Å². The maximum atomic E-state index is 11.4. The zero-order chi connectivity index (χ0) is 13.5. The van der Waals surface area contributed by atoms with Gasteiger partial charge in [0.15, 0.2) is 0 Å². The van der Waals surface area contributed by atoms with Crippen molar-refractivity contribution in [3.05, 3.63) is 35.9 Å². The number of hydrogen-bond donors (Lipinski definition) is 0. The van der Waals surface area contributed by atoms with Gasteiger partial charge in [-0.3, -0.25) is 9.79 Å². The molecule has 0 spiro atoms. The Balaban J connectivity index is 1.78. The molecule has 1 heterocycles. The van der Waals surface area contributed by atoms with Crippen molar-refractivity contribution >= 4 is 11.7 Å². The number of nitrogens with zero attached hydrogens (tertiary/aromatic N) is 1. The minimum atomic E-state index is -0.124. The fourth-order valence-corrected chi connectivity index (χ4v) is 2.40. The quantitative estimate of drug-likeness (QED) is 0.736. The maximum Gasteiger partial charge on any atom is 0.307 e. The maximum absolute atomic E-state index is 11.4. The van der Waals surface area contributed by atoms with Crippen molar-refractivity contribution < 1.29 is 9.53 Å². The second kappa shape index (κ2) is 7.07. The summed E-state index contributed by atoms with van der Waals surface area (Å²) in [7, 11) is 0. The van der Waals surface area contributed by atoms with Gasteiger partial charge >= 0.3 is 5.97 Å². The molecule has 0 radical (unpaired) electrons. The van der Waals surface area contributed by atoms with Crippen molar-refractivity contribution in [3.63, 3.8) is 0 Å². The third-order valence-electron chi connectivity index (χ3n) is 3.38. The van der Waals surface area contributed by atoms with Crippen LogP contribution in [-0.4, -0.2) is 24.3 Å². The number of ether oxygens (including phenoxy) is 1. The molecule has 102 valence electrons. The summed E-state index contributed by atoms with van der Waals surface area (Å²) in [5.74, 6) is -0.124. The van der Waals surface area contributed by atoms with Crippen molar-refractivity contribution in [3.8, 4) is 0 Å². The summed E-state index contributed by atoms with van der Waals surface area (Å²) in [6, 6.07) is 10.6. The highest BCUT2D eigenvalue weighted by atomic mass is 16.5. The van der Waals surface area contributed by atoms with Gasteiger partial charge in [-0.05, 0) is 38.2 Å². The molecule has 0 N–H and O–H groups in total. The predicted octanol–water partition coefficient (Wildman–Crippen LogP) is 3.18. The van der Waals surface area contributed by atoms with Crippen LogP contribution in [0.1, 0.15) is 38.2 Å². The Hall–Kier alpha value is -1.64. The van der Waals surface area contributed by atoms with Crippen LogP contribution in [0, 0.1) is 0 Å². The van der Waals surface area contributed by atoms with Gasteiger partial charge in [-0.1, -0.05) is 30.3 Å². The minimum Gasteiger partial charge on any atom is -0.466 e. The molecule has 1 aliphatic heterocycles. The molecule has 19 heavy (non-hydrogen) atoms. The molecular formula is C16H21NO2. The Morgan fingerprint density at radius 3 is 2.84 bits per heavy atom. The van der Waals surface area contributed by atoms with E-state index in [1.54, 1.807) is 0 Å². The number of benzene rings is 1. The lowest BCUT2D eigenvalue weighted by molar-refractivity contribution is -0.143. The van der Waals surface area contributed by atoms with Gasteiger partial charge in [-0.15, -0.1) is 0 Å². The lowest BCUT2D eigenvalue weighted by Gasteiger charge is -2.05. The third kappa shape index (κ3) is 4.51. The Morgan fingerprint density at radius 1 is 1.32 bits per heavy atom. The second-order valence-corrected chi connectivity index (χ2v) is 4.88. The standard InChI is InChI=1S/C16H21NO2/c1-2-19-16(18)12-15-11-10-14(17-15)9-8-13-6-4-3-5-7-13/h3-7,15H,2,8-12H2,1H3. The molecule has 3 heteroatoms. The SMILES string of the molecule is CCOC(=O)CC1CCC(CCc2ccccc2)=N1. The highest BCUT2D eigenvalue weighted by molar-refractivity contribution is 5.87. The van der Waals surface area contributed by atoms with Crippen LogP contribution in [0.5, 0.6) is 0 Å². The van der Waals surface area contributed by atoms with E-state index in [1.165, 1.54) is 11.3 Å². The molecule has 1 aliphatic rings. The summed E-state index contributed by atoms with van der Waals surface area (Å²) in [4.78, 5) is 16.0. The summed E-state index contributed by atoms with van der Waals surface area (Å²) in [5, 5.41) is 0. The topological polar surface area (TPSA) is 38.7 Å². The van der Waals surface area contributed by atoms with E-state index < -0.39 is 0 Å². The smallest absolute Gasteiger partial charge is 0.307 e. The van der Waals surface area contributed by atoms with Crippen LogP contribution in [-0.2, 0) is 16.0 Å². The molecule has 1 unspecified atom stereocenters. The summed E-state index contributed by atoms with van der Waals surface area (Å²) in [6.07, 6.45) is 4.48. The number of esters is 1. The Labute approximate surface area is 114 Å². The summed E-state index contributed by atoms with van der Waals surface area (Å²) >= 11 is 0. The number of hydrogen-bond acceptors (Lipinski definition) is 3. The first-order chi connectivity index (χ1) is 9.28. The number of carbonyl (C=O) groups excluding carboxylic acids is 1. The molecule has 0 saturated heterocycles. The number of rotatable bonds is 6. The van der Waals surface area contributed by atoms with Crippen molar-refractivity contribution in [2.75, 3.05) is 6.61 Å². The summed E-state index contributed by atoms with van der Waals surface area (Å²) < 4.78 is 4.96. The Bertz CT molecular complexity index is 439. The molecule has 1 aromatic carbocycles. The predicted molar refractivity (Wildman–Crippen MR) is 76.5 cm³/mol. The Kier molecular flexibility index (Phi) is 5.13. The minimum absolute atomic E-state index is 0.124. The van der Waals surface area contributed by atoms with Crippen LogP contribution < -0.4 is 0 Å². The first kappa shape index (κ1) is 13.8. The van der Waals surface area contributed by atoms with Crippen LogP contribution in [0.4, 0.5) is 0 Å². The van der Waals surface area contributed by atoms with Gasteiger partial charge in [0.2, 0.25) is 0 Å². The zero-order valence-electron chi connectivity index (χ0n) is 11.5. The third-order valence-corrected chi connectivity index (χ3v) is 3.38. The number of carbonyl (C=O) groups is 1. The zero-order valence-corrected chi connectivity index (χ0v) is 11.5. The van der Waals surface area contributed by atoms with E-state index in [0.717, 1.165) is 25.7 Å². The van der Waals surface area contributed by atoms with Crippen molar-refractivity contribution in [2.24, 2.45) is 4.99 Å². The van der Waals surface area contributed by atoms with Crippen molar-refractivity contribution in [1.82, 2.24) is 0 Å². The van der Waals surface area contributed by atoms with E-state index in [2.05, 4.69) is 29.3 Å². The molecule has 0 aliphatic carbocycles. The molecule has 2 rings (SSSR count). The van der Waals surface area contributed by atoms with E-state index in [1.807, 2.05) is 13.0 Å². The molecule has 0 amide bonds. The molecule has 1 aromatic rings. The van der Waals surface area contributed by atoms with Crippen LogP contribution in [0.3, 0.4) is 0 Å². The van der Waals surface area contributed by atoms with Crippen LogP contribution in [0.25, 0.3) is 0 Å². The fraction of sp³-hybridized carbons (Fsp3) is 0.500. The molecule has 0 bridgehead atoms. The number of aryl methyl sites for hydroxylation is 1. The summed E-state index contributed by atoms with van der Waals surface area (Å²) in [5.41, 5.74) is 2.59.